The molecule has 5 nitrogen and oxygen atoms in total. The van der Waals surface area contributed by atoms with E-state index in [2.05, 4.69) is 15.1 Å². The lowest BCUT2D eigenvalue weighted by Crippen LogP contribution is -2.12. The summed E-state index contributed by atoms with van der Waals surface area (Å²) in [6, 6.07) is 4.11. The van der Waals surface area contributed by atoms with Gasteiger partial charge in [0.25, 0.3) is 5.56 Å². The zero-order chi connectivity index (χ0) is 19.1. The zero-order valence-electron chi connectivity index (χ0n) is 13.8. The summed E-state index contributed by atoms with van der Waals surface area (Å²) >= 11 is 0. The van der Waals surface area contributed by atoms with Crippen molar-refractivity contribution in [2.45, 2.75) is 25.9 Å². The van der Waals surface area contributed by atoms with Gasteiger partial charge in [-0.3, -0.25) is 4.79 Å². The first kappa shape index (κ1) is 17.8. The van der Waals surface area contributed by atoms with Crippen LogP contribution < -0.4 is 5.56 Å². The van der Waals surface area contributed by atoms with Crippen LogP contribution >= 0.6 is 0 Å². The van der Waals surface area contributed by atoms with Crippen molar-refractivity contribution >= 4 is 0 Å². The van der Waals surface area contributed by atoms with Gasteiger partial charge in [0, 0.05) is 18.2 Å². The van der Waals surface area contributed by atoms with Gasteiger partial charge in [0.2, 0.25) is 0 Å². The van der Waals surface area contributed by atoms with E-state index in [1.165, 1.54) is 23.0 Å². The number of nitrogens with one attached hydrogen (secondary N) is 1. The molecular weight excluding hydrogens is 352 g/mol. The maximum atomic E-state index is 13.8. The molecule has 1 N–H and O–H groups in total. The van der Waals surface area contributed by atoms with Gasteiger partial charge in [0.15, 0.2) is 5.82 Å². The largest absolute Gasteiger partial charge is 0.419 e. The summed E-state index contributed by atoms with van der Waals surface area (Å²) < 4.78 is 53.2. The molecule has 0 unspecified atom stereocenters. The summed E-state index contributed by atoms with van der Waals surface area (Å²) in [5, 5.41) is 4.12. The van der Waals surface area contributed by atoms with E-state index in [1.807, 2.05) is 0 Å². The van der Waals surface area contributed by atoms with E-state index in [0.29, 0.717) is 22.8 Å². The molecule has 0 amide bonds. The molecule has 2 aromatic heterocycles. The Hall–Kier alpha value is -2.97. The molecule has 3 rings (SSSR count). The third kappa shape index (κ3) is 3.51. The van der Waals surface area contributed by atoms with Crippen LogP contribution in [0.1, 0.15) is 35.4 Å². The van der Waals surface area contributed by atoms with Gasteiger partial charge in [-0.05, 0) is 30.2 Å². The Balaban J connectivity index is 1.92. The maximum Gasteiger partial charge on any atom is 0.419 e. The Morgan fingerprint density at radius 3 is 2.54 bits per heavy atom. The number of aromatic nitrogens is 4. The highest BCUT2D eigenvalue weighted by molar-refractivity contribution is 5.34. The molecule has 9 heteroatoms. The van der Waals surface area contributed by atoms with Crippen molar-refractivity contribution in [3.05, 3.63) is 75.3 Å². The number of halogens is 4. The van der Waals surface area contributed by atoms with Crippen LogP contribution in [0.25, 0.3) is 5.82 Å². The van der Waals surface area contributed by atoms with Crippen molar-refractivity contribution in [3.63, 3.8) is 0 Å². The highest BCUT2D eigenvalue weighted by Gasteiger charge is 2.34. The van der Waals surface area contributed by atoms with E-state index >= 15 is 0 Å². The minimum atomic E-state index is -4.74. The molecule has 0 fully saturated rings. The number of hydrogen-bond acceptors (Lipinski definition) is 3. The molecule has 1 aromatic carbocycles. The van der Waals surface area contributed by atoms with Crippen LogP contribution in [0, 0.1) is 12.7 Å². The van der Waals surface area contributed by atoms with Crippen LogP contribution in [0.2, 0.25) is 0 Å². The smallest absolute Gasteiger partial charge is 0.311 e. The topological polar surface area (TPSA) is 63.6 Å². The first-order valence-electron chi connectivity index (χ1n) is 7.64. The van der Waals surface area contributed by atoms with Crippen LogP contribution in [-0.2, 0) is 6.18 Å². The fourth-order valence-corrected chi connectivity index (χ4v) is 2.59. The molecule has 0 radical (unpaired) electrons. The van der Waals surface area contributed by atoms with E-state index in [4.69, 9.17) is 0 Å². The van der Waals surface area contributed by atoms with Crippen LogP contribution in [0.4, 0.5) is 17.6 Å². The first-order chi connectivity index (χ1) is 12.1. The summed E-state index contributed by atoms with van der Waals surface area (Å²) in [5.74, 6) is -0.990. The highest BCUT2D eigenvalue weighted by Crippen LogP contribution is 2.33. The first-order valence-corrected chi connectivity index (χ1v) is 7.64. The second-order valence-electron chi connectivity index (χ2n) is 5.87. The predicted molar refractivity (Wildman–Crippen MR) is 85.6 cm³/mol. The Kier molecular flexibility index (Phi) is 4.39. The number of benzene rings is 1. The van der Waals surface area contributed by atoms with Crippen molar-refractivity contribution in [3.8, 4) is 5.82 Å². The van der Waals surface area contributed by atoms with Gasteiger partial charge in [0.05, 0.1) is 11.8 Å². The van der Waals surface area contributed by atoms with Crippen molar-refractivity contribution < 1.29 is 17.6 Å². The molecule has 136 valence electrons. The average molecular weight is 366 g/mol. The normalized spacial score (nSPS) is 13.0. The number of hydrogen-bond donors (Lipinski definition) is 1. The summed E-state index contributed by atoms with van der Waals surface area (Å²) in [6.45, 7) is 3.35. The standard InChI is InChI=1S/C17H14F4N4O/c1-9(11-3-4-13(14(18)5-11)17(19,20)21)12-7-22-25(8-12)15-6-16(26)24-10(2)23-15/h3-9H,1-2H3,(H,23,24,26)/t9-/m1/s1. The van der Waals surface area contributed by atoms with Gasteiger partial charge < -0.3 is 4.98 Å². The van der Waals surface area contributed by atoms with Crippen molar-refractivity contribution in [2.24, 2.45) is 0 Å². The molecule has 26 heavy (non-hydrogen) atoms. The molecule has 2 heterocycles. The average Bonchev–Trinajstić information content (AvgIpc) is 3.02. The molecule has 0 aliphatic heterocycles. The zero-order valence-corrected chi connectivity index (χ0v) is 13.8. The van der Waals surface area contributed by atoms with E-state index in [9.17, 15) is 22.4 Å². The van der Waals surface area contributed by atoms with Gasteiger partial charge >= 0.3 is 6.18 Å². The molecule has 0 spiro atoms. The number of aryl methyl sites for hydroxylation is 1. The Labute approximate surface area is 145 Å². The predicted octanol–water partition coefficient (Wildman–Crippen LogP) is 3.57. The molecule has 0 aliphatic rings. The number of nitrogens with zero attached hydrogens (tertiary/aromatic N) is 3. The summed E-state index contributed by atoms with van der Waals surface area (Å²) in [5.41, 5.74) is -0.608. The van der Waals surface area contributed by atoms with Gasteiger partial charge in [-0.25, -0.2) is 14.1 Å². The van der Waals surface area contributed by atoms with E-state index < -0.39 is 23.5 Å². The van der Waals surface area contributed by atoms with Crippen LogP contribution in [0.5, 0.6) is 0 Å². The summed E-state index contributed by atoms with van der Waals surface area (Å²) in [6.07, 6.45) is -1.64. The summed E-state index contributed by atoms with van der Waals surface area (Å²) in [4.78, 5) is 18.2. The minimum Gasteiger partial charge on any atom is -0.311 e. The van der Waals surface area contributed by atoms with Gasteiger partial charge in [-0.1, -0.05) is 13.0 Å². The molecule has 0 aliphatic carbocycles. The van der Waals surface area contributed by atoms with Crippen molar-refractivity contribution in [1.82, 2.24) is 19.7 Å². The van der Waals surface area contributed by atoms with Crippen molar-refractivity contribution in [2.75, 3.05) is 0 Å². The number of rotatable bonds is 3. The fourth-order valence-electron chi connectivity index (χ4n) is 2.59. The number of aromatic amines is 1. The lowest BCUT2D eigenvalue weighted by atomic mass is 9.94. The quantitative estimate of drug-likeness (QED) is 0.721. The van der Waals surface area contributed by atoms with E-state index in [0.717, 1.165) is 12.1 Å². The van der Waals surface area contributed by atoms with Crippen molar-refractivity contribution in [1.29, 1.82) is 0 Å². The number of alkyl halides is 3. The summed E-state index contributed by atoms with van der Waals surface area (Å²) in [7, 11) is 0. The van der Waals surface area contributed by atoms with Gasteiger partial charge in [0.1, 0.15) is 11.6 Å². The number of H-pyrrole nitrogens is 1. The van der Waals surface area contributed by atoms with Crippen LogP contribution in [0.15, 0.2) is 41.5 Å². The fraction of sp³-hybridized carbons (Fsp3) is 0.235. The monoisotopic (exact) mass is 366 g/mol. The molecule has 1 atom stereocenters. The Morgan fingerprint density at radius 1 is 1.19 bits per heavy atom. The lowest BCUT2D eigenvalue weighted by Gasteiger charge is -2.13. The van der Waals surface area contributed by atoms with Gasteiger partial charge in [-0.2, -0.15) is 18.3 Å². The highest BCUT2D eigenvalue weighted by atomic mass is 19.4. The maximum absolute atomic E-state index is 13.8. The molecule has 3 aromatic rings. The third-order valence-corrected chi connectivity index (χ3v) is 3.98. The second kappa shape index (κ2) is 6.40. The minimum absolute atomic E-state index is 0.309. The Bertz CT molecular complexity index is 1010. The SMILES string of the molecule is Cc1nc(-n2cc([C@H](C)c3ccc(C(F)(F)F)c(F)c3)cn2)cc(=O)[nH]1. The van der Waals surface area contributed by atoms with Crippen LogP contribution in [-0.4, -0.2) is 19.7 Å². The van der Waals surface area contributed by atoms with Gasteiger partial charge in [-0.15, -0.1) is 0 Å². The lowest BCUT2D eigenvalue weighted by molar-refractivity contribution is -0.140. The molecular formula is C17H14F4N4O. The molecule has 0 saturated heterocycles. The Morgan fingerprint density at radius 2 is 1.92 bits per heavy atom. The van der Waals surface area contributed by atoms with E-state index in [-0.39, 0.29) is 5.56 Å². The second-order valence-corrected chi connectivity index (χ2v) is 5.87. The van der Waals surface area contributed by atoms with E-state index in [1.54, 1.807) is 20.0 Å². The van der Waals surface area contributed by atoms with Crippen LogP contribution in [0.3, 0.4) is 0 Å². The molecule has 0 saturated carbocycles. The third-order valence-electron chi connectivity index (χ3n) is 3.98. The molecule has 0 bridgehead atoms.